The molecule has 0 aliphatic carbocycles. The van der Waals surface area contributed by atoms with Crippen molar-refractivity contribution >= 4 is 21.8 Å². The van der Waals surface area contributed by atoms with Crippen LogP contribution in [0.4, 0.5) is 0 Å². The molecule has 0 N–H and O–H groups in total. The van der Waals surface area contributed by atoms with Crippen LogP contribution in [-0.2, 0) is 0 Å². The molecule has 1 aromatic carbocycles. The first-order chi connectivity index (χ1) is 7.42. The summed E-state index contributed by atoms with van der Waals surface area (Å²) in [6.45, 7) is 0. The van der Waals surface area contributed by atoms with Crippen molar-refractivity contribution in [1.82, 2.24) is 9.66 Å². The summed E-state index contributed by atoms with van der Waals surface area (Å²) in [5.74, 6) is 0. The number of hydrogen-bond donors (Lipinski definition) is 0. The standard InChI is InChI=1S/C11H7N3O/c15-13-14-10-4-2-1-3-8(10)9-5-6-12-7-11(9)14/h1-7H. The Morgan fingerprint density at radius 1 is 1.07 bits per heavy atom. The van der Waals surface area contributed by atoms with Crippen molar-refractivity contribution in [3.63, 3.8) is 0 Å². The maximum Gasteiger partial charge on any atom is 0.0947 e. The second-order valence-electron chi connectivity index (χ2n) is 3.30. The zero-order valence-electron chi connectivity index (χ0n) is 7.79. The summed E-state index contributed by atoms with van der Waals surface area (Å²) in [6.07, 6.45) is 3.36. The Kier molecular flexibility index (Phi) is 1.56. The average molecular weight is 197 g/mol. The quantitative estimate of drug-likeness (QED) is 0.563. The van der Waals surface area contributed by atoms with Crippen molar-refractivity contribution in [3.05, 3.63) is 47.6 Å². The van der Waals surface area contributed by atoms with Crippen LogP contribution in [0.15, 0.2) is 48.0 Å². The Bertz CT molecular complexity index is 604. The number of fused-ring (bicyclic) bond motifs is 3. The Balaban J connectivity index is 2.68. The van der Waals surface area contributed by atoms with E-state index in [1.54, 1.807) is 12.4 Å². The first-order valence-corrected chi connectivity index (χ1v) is 4.58. The molecule has 0 saturated heterocycles. The molecule has 2 heterocycles. The first-order valence-electron chi connectivity index (χ1n) is 4.58. The molecule has 3 aromatic rings. The van der Waals surface area contributed by atoms with Crippen molar-refractivity contribution in [2.45, 2.75) is 0 Å². The van der Waals surface area contributed by atoms with Gasteiger partial charge in [0, 0.05) is 17.0 Å². The molecule has 0 spiro atoms. The number of aromatic nitrogens is 2. The van der Waals surface area contributed by atoms with E-state index in [2.05, 4.69) is 10.3 Å². The predicted molar refractivity (Wildman–Crippen MR) is 58.4 cm³/mol. The second-order valence-corrected chi connectivity index (χ2v) is 3.30. The smallest absolute Gasteiger partial charge is 0.0947 e. The van der Waals surface area contributed by atoms with E-state index < -0.39 is 0 Å². The topological polar surface area (TPSA) is 47.2 Å². The lowest BCUT2D eigenvalue weighted by molar-refractivity contribution is 0.950. The fourth-order valence-corrected chi connectivity index (χ4v) is 1.89. The van der Waals surface area contributed by atoms with Gasteiger partial charge in [0.1, 0.15) is 0 Å². The van der Waals surface area contributed by atoms with Crippen LogP contribution in [0.1, 0.15) is 0 Å². The van der Waals surface area contributed by atoms with Gasteiger partial charge < -0.3 is 0 Å². The highest BCUT2D eigenvalue weighted by Gasteiger charge is 2.09. The Labute approximate surface area is 85.1 Å². The highest BCUT2D eigenvalue weighted by atomic mass is 16.3. The molecule has 0 aliphatic heterocycles. The van der Waals surface area contributed by atoms with Gasteiger partial charge in [0.2, 0.25) is 0 Å². The van der Waals surface area contributed by atoms with E-state index in [0.29, 0.717) is 0 Å². The van der Waals surface area contributed by atoms with Crippen LogP contribution in [0, 0.1) is 4.91 Å². The SMILES string of the molecule is O=Nn1c2ccccc2c2ccncc21. The van der Waals surface area contributed by atoms with Gasteiger partial charge in [-0.25, -0.2) is 0 Å². The van der Waals surface area contributed by atoms with Crippen LogP contribution in [0.2, 0.25) is 0 Å². The number of benzene rings is 1. The van der Waals surface area contributed by atoms with Gasteiger partial charge in [-0.3, -0.25) is 4.98 Å². The van der Waals surface area contributed by atoms with Crippen molar-refractivity contribution in [1.29, 1.82) is 0 Å². The van der Waals surface area contributed by atoms with Crippen LogP contribution in [0.3, 0.4) is 0 Å². The minimum Gasteiger partial charge on any atom is -0.262 e. The van der Waals surface area contributed by atoms with Crippen LogP contribution in [0.5, 0.6) is 0 Å². The molecule has 0 amide bonds. The zero-order valence-corrected chi connectivity index (χ0v) is 7.79. The summed E-state index contributed by atoms with van der Waals surface area (Å²) in [5.41, 5.74) is 1.56. The maximum absolute atomic E-state index is 10.8. The van der Waals surface area contributed by atoms with Crippen LogP contribution < -0.4 is 0 Å². The van der Waals surface area contributed by atoms with Crippen molar-refractivity contribution in [2.24, 2.45) is 5.29 Å². The summed E-state index contributed by atoms with van der Waals surface area (Å²) in [5, 5.41) is 5.04. The van der Waals surface area contributed by atoms with Gasteiger partial charge in [-0.2, -0.15) is 4.68 Å². The third kappa shape index (κ3) is 0.985. The highest BCUT2D eigenvalue weighted by Crippen LogP contribution is 2.27. The minimum atomic E-state index is 0.744. The third-order valence-corrected chi connectivity index (χ3v) is 2.53. The van der Waals surface area contributed by atoms with E-state index in [1.807, 2.05) is 30.3 Å². The molecule has 4 heteroatoms. The molecule has 0 atom stereocenters. The fourth-order valence-electron chi connectivity index (χ4n) is 1.89. The third-order valence-electron chi connectivity index (χ3n) is 2.53. The molecule has 0 aliphatic rings. The first kappa shape index (κ1) is 8.11. The van der Waals surface area contributed by atoms with E-state index in [0.717, 1.165) is 21.8 Å². The molecule has 0 radical (unpaired) electrons. The van der Waals surface area contributed by atoms with E-state index in [-0.39, 0.29) is 0 Å². The summed E-state index contributed by atoms with van der Waals surface area (Å²) in [6, 6.07) is 9.56. The maximum atomic E-state index is 10.8. The largest absolute Gasteiger partial charge is 0.262 e. The second kappa shape index (κ2) is 2.88. The van der Waals surface area contributed by atoms with E-state index in [9.17, 15) is 4.91 Å². The van der Waals surface area contributed by atoms with Gasteiger partial charge >= 0.3 is 0 Å². The summed E-state index contributed by atoms with van der Waals surface area (Å²) in [4.78, 5) is 14.8. The molecule has 0 bridgehead atoms. The molecule has 15 heavy (non-hydrogen) atoms. The van der Waals surface area contributed by atoms with E-state index in [1.165, 1.54) is 4.68 Å². The molecule has 3 rings (SSSR count). The Morgan fingerprint density at radius 2 is 1.87 bits per heavy atom. The van der Waals surface area contributed by atoms with Crippen molar-refractivity contribution in [3.8, 4) is 0 Å². The van der Waals surface area contributed by atoms with Crippen LogP contribution >= 0.6 is 0 Å². The predicted octanol–water partition coefficient (Wildman–Crippen LogP) is 2.72. The summed E-state index contributed by atoms with van der Waals surface area (Å²) < 4.78 is 1.37. The molecule has 2 aromatic heterocycles. The molecule has 0 fully saturated rings. The Morgan fingerprint density at radius 3 is 2.73 bits per heavy atom. The number of hydrogen-bond acceptors (Lipinski definition) is 3. The van der Waals surface area contributed by atoms with Crippen LogP contribution in [0.25, 0.3) is 21.8 Å². The number of nitrogens with zero attached hydrogens (tertiary/aromatic N) is 3. The zero-order chi connectivity index (χ0) is 10.3. The average Bonchev–Trinajstić information content (AvgIpc) is 2.63. The minimum absolute atomic E-state index is 0.744. The molecular weight excluding hydrogens is 190 g/mol. The molecule has 72 valence electrons. The molecule has 4 nitrogen and oxygen atoms in total. The normalized spacial score (nSPS) is 10.9. The van der Waals surface area contributed by atoms with Gasteiger partial charge in [0.15, 0.2) is 0 Å². The van der Waals surface area contributed by atoms with Gasteiger partial charge in [-0.1, -0.05) is 18.2 Å². The summed E-state index contributed by atoms with van der Waals surface area (Å²) >= 11 is 0. The van der Waals surface area contributed by atoms with Gasteiger partial charge in [-0.05, 0) is 12.1 Å². The number of rotatable bonds is 1. The number of nitroso groups, excluding NO2 is 1. The number of pyridine rings is 1. The van der Waals surface area contributed by atoms with Gasteiger partial charge in [-0.15, -0.1) is 4.91 Å². The lowest BCUT2D eigenvalue weighted by Crippen LogP contribution is -1.85. The number of para-hydroxylation sites is 1. The lowest BCUT2D eigenvalue weighted by atomic mass is 10.2. The highest BCUT2D eigenvalue weighted by molar-refractivity contribution is 6.07. The van der Waals surface area contributed by atoms with Gasteiger partial charge in [0.05, 0.1) is 22.5 Å². The van der Waals surface area contributed by atoms with Crippen molar-refractivity contribution < 1.29 is 0 Å². The Hall–Kier alpha value is -2.23. The van der Waals surface area contributed by atoms with Crippen LogP contribution in [-0.4, -0.2) is 9.66 Å². The van der Waals surface area contributed by atoms with E-state index in [4.69, 9.17) is 0 Å². The lowest BCUT2D eigenvalue weighted by Gasteiger charge is -1.91. The van der Waals surface area contributed by atoms with E-state index >= 15 is 0 Å². The summed E-state index contributed by atoms with van der Waals surface area (Å²) in [7, 11) is 0. The molecular formula is C11H7N3O. The molecule has 0 unspecified atom stereocenters. The monoisotopic (exact) mass is 197 g/mol. The van der Waals surface area contributed by atoms with Crippen molar-refractivity contribution in [2.75, 3.05) is 0 Å². The molecule has 0 saturated carbocycles. The van der Waals surface area contributed by atoms with Gasteiger partial charge in [0.25, 0.3) is 0 Å². The fraction of sp³-hybridized carbons (Fsp3) is 0.